The van der Waals surface area contributed by atoms with Crippen LogP contribution < -0.4 is 24.3 Å². The molecule has 0 aliphatic rings. The first kappa shape index (κ1) is 27.5. The normalized spacial score (nSPS) is 11.1. The van der Waals surface area contributed by atoms with Gasteiger partial charge in [-0.25, -0.2) is 8.42 Å². The Hall–Kier alpha value is -3.73. The highest BCUT2D eigenvalue weighted by Gasteiger charge is 2.16. The van der Waals surface area contributed by atoms with Crippen molar-refractivity contribution in [1.29, 1.82) is 0 Å². The summed E-state index contributed by atoms with van der Waals surface area (Å²) in [5, 5.41) is 3.70. The second kappa shape index (κ2) is 12.7. The standard InChI is InChI=1S/C24H29NO9S/c1-30-17-13-21(32-3)18(22(14-17)33-4)10-11-35(28,29)15-16-6-7-20(31-2)19(12-16)25-23(26)8-9-24(27)34-5/h6-7,10-14H,8-9,15H2,1-5H3,(H,25,26). The highest BCUT2D eigenvalue weighted by atomic mass is 32.2. The number of methoxy groups -OCH3 is 5. The Labute approximate surface area is 204 Å². The quantitative estimate of drug-likeness (QED) is 0.431. The highest BCUT2D eigenvalue weighted by Crippen LogP contribution is 2.35. The predicted octanol–water partition coefficient (Wildman–Crippen LogP) is 3.20. The molecule has 0 spiro atoms. The minimum absolute atomic E-state index is 0.0815. The van der Waals surface area contributed by atoms with Crippen molar-refractivity contribution < 1.29 is 41.7 Å². The van der Waals surface area contributed by atoms with Crippen LogP contribution in [0.4, 0.5) is 5.69 Å². The predicted molar refractivity (Wildman–Crippen MR) is 131 cm³/mol. The zero-order valence-corrected chi connectivity index (χ0v) is 21.1. The maximum atomic E-state index is 12.8. The van der Waals surface area contributed by atoms with E-state index in [1.807, 2.05) is 0 Å². The second-order valence-electron chi connectivity index (χ2n) is 7.21. The number of hydrogen-bond acceptors (Lipinski definition) is 9. The number of sulfone groups is 1. The molecule has 10 nitrogen and oxygen atoms in total. The molecule has 0 aromatic heterocycles. The Kier molecular flexibility index (Phi) is 9.95. The zero-order chi connectivity index (χ0) is 26.0. The summed E-state index contributed by atoms with van der Waals surface area (Å²) in [6.07, 6.45) is 1.22. The second-order valence-corrected chi connectivity index (χ2v) is 9.10. The van der Waals surface area contributed by atoms with Gasteiger partial charge in [-0.1, -0.05) is 6.07 Å². The number of anilines is 1. The number of carbonyl (C=O) groups is 2. The van der Waals surface area contributed by atoms with Crippen molar-refractivity contribution in [3.8, 4) is 23.0 Å². The lowest BCUT2D eigenvalue weighted by molar-refractivity contribution is -0.141. The first-order valence-corrected chi connectivity index (χ1v) is 12.1. The van der Waals surface area contributed by atoms with E-state index in [2.05, 4.69) is 10.1 Å². The van der Waals surface area contributed by atoms with E-state index in [1.165, 1.54) is 47.7 Å². The molecule has 1 N–H and O–H groups in total. The average Bonchev–Trinajstić information content (AvgIpc) is 2.85. The molecule has 0 aliphatic carbocycles. The van der Waals surface area contributed by atoms with Crippen molar-refractivity contribution in [2.45, 2.75) is 18.6 Å². The molecule has 1 amide bonds. The molecule has 35 heavy (non-hydrogen) atoms. The zero-order valence-electron chi connectivity index (χ0n) is 20.2. The van der Waals surface area contributed by atoms with Gasteiger partial charge in [-0.15, -0.1) is 0 Å². The van der Waals surface area contributed by atoms with Crippen LogP contribution in [0.2, 0.25) is 0 Å². The van der Waals surface area contributed by atoms with Crippen molar-refractivity contribution in [2.75, 3.05) is 40.9 Å². The Bertz CT molecular complexity index is 1160. The van der Waals surface area contributed by atoms with Crippen LogP contribution in [0.25, 0.3) is 6.08 Å². The van der Waals surface area contributed by atoms with Crippen molar-refractivity contribution in [2.24, 2.45) is 0 Å². The Balaban J connectivity index is 2.25. The summed E-state index contributed by atoms with van der Waals surface area (Å²) in [5.41, 5.74) is 1.15. The van der Waals surface area contributed by atoms with Crippen LogP contribution in [0.5, 0.6) is 23.0 Å². The molecule has 2 aromatic rings. The van der Waals surface area contributed by atoms with Gasteiger partial charge >= 0.3 is 5.97 Å². The lowest BCUT2D eigenvalue weighted by Gasteiger charge is -2.13. The summed E-state index contributed by atoms with van der Waals surface area (Å²) in [6, 6.07) is 7.89. The number of esters is 1. The van der Waals surface area contributed by atoms with Gasteiger partial charge in [0.1, 0.15) is 23.0 Å². The minimum Gasteiger partial charge on any atom is -0.496 e. The number of nitrogens with one attached hydrogen (secondary N) is 1. The first-order chi connectivity index (χ1) is 16.7. The molecule has 0 unspecified atom stereocenters. The lowest BCUT2D eigenvalue weighted by Crippen LogP contribution is -2.15. The van der Waals surface area contributed by atoms with Crippen molar-refractivity contribution >= 4 is 33.5 Å². The molecule has 11 heteroatoms. The monoisotopic (exact) mass is 507 g/mol. The van der Waals surface area contributed by atoms with E-state index >= 15 is 0 Å². The molecule has 0 saturated heterocycles. The van der Waals surface area contributed by atoms with Gasteiger partial charge in [0.2, 0.25) is 5.91 Å². The molecule has 0 aliphatic heterocycles. The molecular weight excluding hydrogens is 478 g/mol. The minimum atomic E-state index is -3.73. The number of ether oxygens (including phenoxy) is 5. The van der Waals surface area contributed by atoms with E-state index in [-0.39, 0.29) is 24.3 Å². The third kappa shape index (κ3) is 7.92. The van der Waals surface area contributed by atoms with Crippen LogP contribution in [-0.2, 0) is 29.9 Å². The van der Waals surface area contributed by atoms with Gasteiger partial charge < -0.3 is 29.0 Å². The van der Waals surface area contributed by atoms with Crippen molar-refractivity contribution in [3.63, 3.8) is 0 Å². The topological polar surface area (TPSA) is 126 Å². The Morgan fingerprint density at radius 2 is 1.49 bits per heavy atom. The number of benzene rings is 2. The van der Waals surface area contributed by atoms with Gasteiger partial charge in [-0.2, -0.15) is 0 Å². The Morgan fingerprint density at radius 3 is 2.03 bits per heavy atom. The fourth-order valence-corrected chi connectivity index (χ4v) is 4.21. The lowest BCUT2D eigenvalue weighted by atomic mass is 10.1. The smallest absolute Gasteiger partial charge is 0.306 e. The van der Waals surface area contributed by atoms with Gasteiger partial charge in [0.25, 0.3) is 0 Å². The summed E-state index contributed by atoms with van der Waals surface area (Å²) < 4.78 is 51.3. The van der Waals surface area contributed by atoms with E-state index in [0.717, 1.165) is 5.41 Å². The SMILES string of the molecule is COC(=O)CCC(=O)Nc1cc(CS(=O)(=O)C=Cc2c(OC)cc(OC)cc2OC)ccc1OC. The van der Waals surface area contributed by atoms with Crippen LogP contribution in [0, 0.1) is 0 Å². The molecule has 0 heterocycles. The number of rotatable bonds is 12. The van der Waals surface area contributed by atoms with Gasteiger partial charge in [0.15, 0.2) is 9.84 Å². The van der Waals surface area contributed by atoms with Gasteiger partial charge in [0.05, 0.1) is 59.0 Å². The molecule has 0 fully saturated rings. The van der Waals surface area contributed by atoms with Crippen LogP contribution in [-0.4, -0.2) is 55.8 Å². The largest absolute Gasteiger partial charge is 0.496 e. The number of carbonyl (C=O) groups excluding carboxylic acids is 2. The summed E-state index contributed by atoms with van der Waals surface area (Å²) in [4.78, 5) is 23.4. The van der Waals surface area contributed by atoms with Crippen molar-refractivity contribution in [1.82, 2.24) is 0 Å². The molecule has 190 valence electrons. The maximum absolute atomic E-state index is 12.8. The molecule has 2 rings (SSSR count). The third-order valence-corrected chi connectivity index (χ3v) is 6.17. The van der Waals surface area contributed by atoms with Gasteiger partial charge in [-0.3, -0.25) is 9.59 Å². The summed E-state index contributed by atoms with van der Waals surface area (Å²) in [6.45, 7) is 0. The number of amides is 1. The summed E-state index contributed by atoms with van der Waals surface area (Å²) in [5.74, 6) is 0.331. The molecule has 0 bridgehead atoms. The summed E-state index contributed by atoms with van der Waals surface area (Å²) in [7, 11) is 3.35. The Morgan fingerprint density at radius 1 is 0.857 bits per heavy atom. The van der Waals surface area contributed by atoms with E-state index in [4.69, 9.17) is 18.9 Å². The fourth-order valence-electron chi connectivity index (χ4n) is 3.12. The van der Waals surface area contributed by atoms with Gasteiger partial charge in [0, 0.05) is 24.0 Å². The summed E-state index contributed by atoms with van der Waals surface area (Å²) >= 11 is 0. The van der Waals surface area contributed by atoms with E-state index in [1.54, 1.807) is 24.3 Å². The first-order valence-electron chi connectivity index (χ1n) is 10.4. The highest BCUT2D eigenvalue weighted by molar-refractivity contribution is 7.93. The van der Waals surface area contributed by atoms with E-state index in [0.29, 0.717) is 34.1 Å². The maximum Gasteiger partial charge on any atom is 0.306 e. The van der Waals surface area contributed by atoms with Crippen LogP contribution in [0.1, 0.15) is 24.0 Å². The fraction of sp³-hybridized carbons (Fsp3) is 0.333. The van der Waals surface area contributed by atoms with Crippen LogP contribution in [0.3, 0.4) is 0 Å². The van der Waals surface area contributed by atoms with E-state index in [9.17, 15) is 18.0 Å². The molecule has 0 saturated carbocycles. The van der Waals surface area contributed by atoms with Crippen LogP contribution in [0.15, 0.2) is 35.7 Å². The van der Waals surface area contributed by atoms with E-state index < -0.39 is 21.7 Å². The molecule has 2 aromatic carbocycles. The van der Waals surface area contributed by atoms with Crippen LogP contribution >= 0.6 is 0 Å². The van der Waals surface area contributed by atoms with Crippen molar-refractivity contribution in [3.05, 3.63) is 46.9 Å². The molecular formula is C24H29NO9S. The third-order valence-electron chi connectivity index (χ3n) is 4.88. The average molecular weight is 508 g/mol. The molecule has 0 radical (unpaired) electrons. The number of hydrogen-bond donors (Lipinski definition) is 1. The molecule has 0 atom stereocenters. The van der Waals surface area contributed by atoms with Gasteiger partial charge in [-0.05, 0) is 23.8 Å².